The van der Waals surface area contributed by atoms with Crippen molar-refractivity contribution in [1.29, 1.82) is 0 Å². The summed E-state index contributed by atoms with van der Waals surface area (Å²) in [6.45, 7) is 12.1. The third-order valence-corrected chi connectivity index (χ3v) is 13.5. The fraction of sp³-hybridized carbons (Fsp3) is 0.529. The molecule has 0 saturated carbocycles. The summed E-state index contributed by atoms with van der Waals surface area (Å²) in [6.07, 6.45) is 12.9. The Kier molecular flexibility index (Phi) is 18.7. The molecule has 2 aliphatic heterocycles. The Hall–Kier alpha value is -2.64. The van der Waals surface area contributed by atoms with E-state index in [1.807, 2.05) is 5.83 Å². The van der Waals surface area contributed by atoms with Crippen LogP contribution in [0.2, 0.25) is 0 Å². The minimum Gasteiger partial charge on any atom is -1.00 e. The molecule has 0 N–H and O–H groups in total. The number of aryl methyl sites for hydroxylation is 2. The van der Waals surface area contributed by atoms with Gasteiger partial charge in [0.1, 0.15) is 0 Å². The van der Waals surface area contributed by atoms with Gasteiger partial charge in [0.2, 0.25) is 0 Å². The third kappa shape index (κ3) is 12.7. The van der Waals surface area contributed by atoms with Crippen molar-refractivity contribution in [1.82, 2.24) is 4.90 Å². The molecule has 2 aliphatic carbocycles. The lowest BCUT2D eigenvalue weighted by Crippen LogP contribution is -3.00. The van der Waals surface area contributed by atoms with Crippen LogP contribution in [0.25, 0.3) is 0 Å². The van der Waals surface area contributed by atoms with Crippen molar-refractivity contribution in [2.75, 3.05) is 76.0 Å². The number of fused-ring (bicyclic) bond motifs is 2. The highest BCUT2D eigenvalue weighted by Gasteiger charge is 2.31. The van der Waals surface area contributed by atoms with Gasteiger partial charge in [-0.15, -0.1) is 0 Å². The van der Waals surface area contributed by atoms with E-state index in [9.17, 15) is 0 Å². The molecular formula is C51H74Br2N4. The maximum Gasteiger partial charge on any atom is 0.0785 e. The van der Waals surface area contributed by atoms with Crippen LogP contribution < -0.4 is 26.8 Å². The van der Waals surface area contributed by atoms with Crippen molar-refractivity contribution >= 4 is 27.3 Å². The first kappa shape index (κ1) is 47.0. The Bertz CT molecular complexity index is 1720. The molecule has 0 spiro atoms. The molecule has 0 amide bonds. The zero-order chi connectivity index (χ0) is 38.8. The van der Waals surface area contributed by atoms with E-state index in [0.717, 1.165) is 11.8 Å². The van der Waals surface area contributed by atoms with Crippen molar-refractivity contribution in [3.8, 4) is 0 Å². The lowest BCUT2D eigenvalue weighted by atomic mass is 9.92. The molecule has 0 bridgehead atoms. The highest BCUT2D eigenvalue weighted by molar-refractivity contribution is 9.08. The number of quaternary nitrogens is 1. The Morgan fingerprint density at radius 3 is 1.26 bits per heavy atom. The van der Waals surface area contributed by atoms with Gasteiger partial charge in [0.05, 0.1) is 27.2 Å². The predicted molar refractivity (Wildman–Crippen MR) is 248 cm³/mol. The fourth-order valence-electron chi connectivity index (χ4n) is 9.89. The van der Waals surface area contributed by atoms with E-state index >= 15 is 0 Å². The molecule has 4 nitrogen and oxygen atoms in total. The Labute approximate surface area is 367 Å². The fourth-order valence-corrected chi connectivity index (χ4v) is 9.89. The van der Waals surface area contributed by atoms with Crippen LogP contribution in [0.1, 0.15) is 79.3 Å². The summed E-state index contributed by atoms with van der Waals surface area (Å²) in [5.41, 5.74) is 11.9. The van der Waals surface area contributed by atoms with Gasteiger partial charge in [-0.05, 0) is 161 Å². The molecule has 6 heteroatoms. The summed E-state index contributed by atoms with van der Waals surface area (Å²) >= 11 is 2.94. The van der Waals surface area contributed by atoms with E-state index in [1.165, 1.54) is 130 Å². The lowest BCUT2D eigenvalue weighted by molar-refractivity contribution is -0.896. The second kappa shape index (κ2) is 22.7. The van der Waals surface area contributed by atoms with Crippen LogP contribution in [0.15, 0.2) is 97.1 Å². The number of hydrogen-bond donors (Lipinski definition) is 0. The molecule has 0 aromatic heterocycles. The Balaban J connectivity index is 0.000000234. The highest BCUT2D eigenvalue weighted by atomic mass is 79.9. The number of para-hydroxylation sites is 2. The molecule has 312 valence electrons. The number of halogens is 2. The monoisotopic (exact) mass is 900 g/mol. The van der Waals surface area contributed by atoms with Gasteiger partial charge in [-0.1, -0.05) is 108 Å². The van der Waals surface area contributed by atoms with E-state index in [2.05, 4.69) is 163 Å². The number of benzene rings is 4. The van der Waals surface area contributed by atoms with Gasteiger partial charge < -0.3 is 36.2 Å². The number of anilines is 2. The normalized spacial score (nSPS) is 18.1. The second-order valence-corrected chi connectivity index (χ2v) is 17.8. The molecular weight excluding hydrogens is 828 g/mol. The van der Waals surface area contributed by atoms with Crippen LogP contribution in [-0.2, 0) is 25.7 Å². The number of nitrogens with zero attached hydrogens (tertiary/aromatic N) is 4. The smallest absolute Gasteiger partial charge is 0.0785 e. The summed E-state index contributed by atoms with van der Waals surface area (Å²) in [6, 6.07) is 37.2. The number of hydrogen-bond acceptors (Lipinski definition) is 3. The van der Waals surface area contributed by atoms with E-state index in [1.54, 1.807) is 22.3 Å². The van der Waals surface area contributed by atoms with Crippen LogP contribution in [0.4, 0.5) is 11.4 Å². The van der Waals surface area contributed by atoms with Crippen LogP contribution >= 0.6 is 15.9 Å². The van der Waals surface area contributed by atoms with Crippen molar-refractivity contribution in [2.24, 2.45) is 11.8 Å². The van der Waals surface area contributed by atoms with E-state index in [0.29, 0.717) is 12.1 Å². The van der Waals surface area contributed by atoms with E-state index in [4.69, 9.17) is 0 Å². The van der Waals surface area contributed by atoms with Crippen molar-refractivity contribution in [3.05, 3.63) is 130 Å². The van der Waals surface area contributed by atoms with Gasteiger partial charge in [0.25, 0.3) is 0 Å². The summed E-state index contributed by atoms with van der Waals surface area (Å²) < 4.78 is 1.20. The Morgan fingerprint density at radius 1 is 0.561 bits per heavy atom. The standard InChI is InChI=1S/C25H35N2.C24H32N2.CH3Br.CH4.BrH/c1-20-8-4-7-11-25(20)26(15-12-21-13-16-27(2,3)17-14-21)24-18-22-9-5-6-10-23(22)19-24;1-19-7-3-6-10-24(19)26(16-13-20-11-14-25(2)15-12-20)23-17-21-8-4-5-9-22(21)18-23;1-2;;/h4-11,21,24H,12-19H2,1-3H3;3-10,20,23H,11-18H2,1-2H3;1H3;1H4;1H/q+1;;;;/p-1. The molecule has 0 radical (unpaired) electrons. The molecule has 2 fully saturated rings. The maximum atomic E-state index is 2.94. The predicted octanol–water partition coefficient (Wildman–Crippen LogP) is 8.20. The SMILES string of the molecule is C.CBr.Cc1ccccc1N(CCC1CCN(C)CC1)C1Cc2ccccc2C1.Cc1ccccc1N(CCC1CC[N+](C)(C)CC1)C1Cc2ccccc2C1.[Br-]. The largest absolute Gasteiger partial charge is 1.00 e. The van der Waals surface area contributed by atoms with Crippen molar-refractivity contribution in [3.63, 3.8) is 0 Å². The van der Waals surface area contributed by atoms with Gasteiger partial charge in [0.15, 0.2) is 0 Å². The van der Waals surface area contributed by atoms with E-state index < -0.39 is 0 Å². The molecule has 4 aromatic carbocycles. The third-order valence-electron chi connectivity index (χ3n) is 13.5. The summed E-state index contributed by atoms with van der Waals surface area (Å²) in [5, 5.41) is 0. The van der Waals surface area contributed by atoms with Gasteiger partial charge in [-0.25, -0.2) is 0 Å². The molecule has 57 heavy (non-hydrogen) atoms. The van der Waals surface area contributed by atoms with Gasteiger partial charge in [-0.3, -0.25) is 0 Å². The van der Waals surface area contributed by atoms with Crippen molar-refractivity contribution in [2.45, 2.75) is 97.6 Å². The van der Waals surface area contributed by atoms with Gasteiger partial charge in [-0.2, -0.15) is 0 Å². The zero-order valence-electron chi connectivity index (χ0n) is 35.4. The number of likely N-dealkylation sites (tertiary alicyclic amines) is 2. The molecule has 8 rings (SSSR count). The average molecular weight is 903 g/mol. The molecule has 4 aromatic rings. The molecule has 2 saturated heterocycles. The summed E-state index contributed by atoms with van der Waals surface area (Å²) in [5.74, 6) is 3.60. The van der Waals surface area contributed by atoms with Crippen molar-refractivity contribution < 1.29 is 21.5 Å². The second-order valence-electron chi connectivity index (χ2n) is 17.8. The Morgan fingerprint density at radius 2 is 0.895 bits per heavy atom. The number of rotatable bonds is 10. The van der Waals surface area contributed by atoms with Gasteiger partial charge in [0, 0.05) is 36.5 Å². The van der Waals surface area contributed by atoms with E-state index in [-0.39, 0.29) is 24.4 Å². The van der Waals surface area contributed by atoms with Gasteiger partial charge >= 0.3 is 0 Å². The molecule has 0 unspecified atom stereocenters. The first-order valence-electron chi connectivity index (χ1n) is 21.4. The summed E-state index contributed by atoms with van der Waals surface area (Å²) in [7, 11) is 7.02. The van der Waals surface area contributed by atoms with Crippen LogP contribution in [-0.4, -0.2) is 87.7 Å². The number of alkyl halides is 1. The molecule has 2 heterocycles. The van der Waals surface area contributed by atoms with Crippen LogP contribution in [0.3, 0.4) is 0 Å². The zero-order valence-corrected chi connectivity index (χ0v) is 38.6. The topological polar surface area (TPSA) is 9.72 Å². The highest BCUT2D eigenvalue weighted by Crippen LogP contribution is 2.34. The lowest BCUT2D eigenvalue weighted by Gasteiger charge is -2.39. The minimum absolute atomic E-state index is 0. The van der Waals surface area contributed by atoms with Crippen LogP contribution in [0, 0.1) is 25.7 Å². The molecule has 4 aliphatic rings. The van der Waals surface area contributed by atoms with Crippen LogP contribution in [0.5, 0.6) is 0 Å². The number of piperidine rings is 2. The molecule has 0 atom stereocenters. The minimum atomic E-state index is 0. The average Bonchev–Trinajstić information content (AvgIpc) is 3.83. The summed E-state index contributed by atoms with van der Waals surface area (Å²) in [4.78, 5) is 7.95. The quantitative estimate of drug-likeness (QED) is 0.118. The maximum absolute atomic E-state index is 2.94. The first-order valence-corrected chi connectivity index (χ1v) is 23.0. The first-order chi connectivity index (χ1) is 26.7.